The molecule has 18 heavy (non-hydrogen) atoms. The van der Waals surface area contributed by atoms with E-state index in [1.165, 1.54) is 0 Å². The van der Waals surface area contributed by atoms with Gasteiger partial charge in [-0.15, -0.1) is 0 Å². The zero-order chi connectivity index (χ0) is 13.3. The standard InChI is InChI=1S/C12H14Br2N4/c1-7-12(14)11(18(2)17-7)5-9(15)10-4-3-8(13)6-16-10/h3-4,6,9H,5,15H2,1-2H3. The van der Waals surface area contributed by atoms with E-state index in [0.717, 1.165) is 26.0 Å². The minimum absolute atomic E-state index is 0.135. The number of rotatable bonds is 3. The summed E-state index contributed by atoms with van der Waals surface area (Å²) in [6.07, 6.45) is 2.46. The summed E-state index contributed by atoms with van der Waals surface area (Å²) in [6, 6.07) is 3.75. The van der Waals surface area contributed by atoms with Gasteiger partial charge in [0.25, 0.3) is 0 Å². The van der Waals surface area contributed by atoms with Crippen LogP contribution in [-0.2, 0) is 13.5 Å². The van der Waals surface area contributed by atoms with E-state index >= 15 is 0 Å². The molecule has 2 N–H and O–H groups in total. The predicted octanol–water partition coefficient (Wildman–Crippen LogP) is 2.89. The van der Waals surface area contributed by atoms with Gasteiger partial charge in [-0.3, -0.25) is 9.67 Å². The Hall–Kier alpha value is -0.720. The van der Waals surface area contributed by atoms with E-state index in [-0.39, 0.29) is 6.04 Å². The molecule has 2 aromatic rings. The Morgan fingerprint density at radius 3 is 2.61 bits per heavy atom. The first-order chi connectivity index (χ1) is 8.49. The Labute approximate surface area is 123 Å². The second-order valence-electron chi connectivity index (χ2n) is 4.18. The van der Waals surface area contributed by atoms with E-state index < -0.39 is 0 Å². The summed E-state index contributed by atoms with van der Waals surface area (Å²) in [5.74, 6) is 0. The maximum absolute atomic E-state index is 6.18. The van der Waals surface area contributed by atoms with E-state index in [1.54, 1.807) is 6.20 Å². The highest BCUT2D eigenvalue weighted by Gasteiger charge is 2.16. The topological polar surface area (TPSA) is 56.7 Å². The quantitative estimate of drug-likeness (QED) is 0.899. The van der Waals surface area contributed by atoms with Gasteiger partial charge in [-0.25, -0.2) is 0 Å². The molecule has 0 fully saturated rings. The van der Waals surface area contributed by atoms with Crippen LogP contribution in [0.1, 0.15) is 23.1 Å². The third-order valence-electron chi connectivity index (χ3n) is 2.81. The van der Waals surface area contributed by atoms with E-state index in [1.807, 2.05) is 30.8 Å². The molecule has 0 amide bonds. The molecule has 96 valence electrons. The van der Waals surface area contributed by atoms with Crippen LogP contribution in [0.5, 0.6) is 0 Å². The van der Waals surface area contributed by atoms with Crippen molar-refractivity contribution in [2.24, 2.45) is 12.8 Å². The Morgan fingerprint density at radius 2 is 2.11 bits per heavy atom. The number of nitrogens with zero attached hydrogens (tertiary/aromatic N) is 3. The molecule has 0 bridgehead atoms. The number of hydrogen-bond acceptors (Lipinski definition) is 3. The lowest BCUT2D eigenvalue weighted by Crippen LogP contribution is -2.16. The number of aromatic nitrogens is 3. The van der Waals surface area contributed by atoms with Gasteiger partial charge in [0.1, 0.15) is 0 Å². The minimum Gasteiger partial charge on any atom is -0.322 e. The Kier molecular flexibility index (Phi) is 4.19. The summed E-state index contributed by atoms with van der Waals surface area (Å²) in [5, 5.41) is 4.36. The molecule has 2 aromatic heterocycles. The largest absolute Gasteiger partial charge is 0.322 e. The van der Waals surface area contributed by atoms with Crippen molar-refractivity contribution in [3.8, 4) is 0 Å². The molecular formula is C12H14Br2N4. The summed E-state index contributed by atoms with van der Waals surface area (Å²) >= 11 is 6.91. The molecule has 0 aromatic carbocycles. The SMILES string of the molecule is Cc1nn(C)c(CC(N)c2ccc(Br)cn2)c1Br. The number of hydrogen-bond donors (Lipinski definition) is 1. The molecule has 6 heteroatoms. The van der Waals surface area contributed by atoms with E-state index in [0.29, 0.717) is 6.42 Å². The fraction of sp³-hybridized carbons (Fsp3) is 0.333. The van der Waals surface area contributed by atoms with Crippen molar-refractivity contribution in [2.75, 3.05) is 0 Å². The van der Waals surface area contributed by atoms with Gasteiger partial charge >= 0.3 is 0 Å². The highest BCUT2D eigenvalue weighted by atomic mass is 79.9. The number of aryl methyl sites for hydroxylation is 2. The van der Waals surface area contributed by atoms with E-state index in [2.05, 4.69) is 41.9 Å². The fourth-order valence-corrected chi connectivity index (χ4v) is 2.55. The van der Waals surface area contributed by atoms with Crippen molar-refractivity contribution in [3.05, 3.63) is 44.4 Å². The van der Waals surface area contributed by atoms with Crippen molar-refractivity contribution in [3.63, 3.8) is 0 Å². The maximum Gasteiger partial charge on any atom is 0.0738 e. The van der Waals surface area contributed by atoms with Crippen LogP contribution in [0.15, 0.2) is 27.3 Å². The van der Waals surface area contributed by atoms with Crippen molar-refractivity contribution >= 4 is 31.9 Å². The van der Waals surface area contributed by atoms with Crippen molar-refractivity contribution in [1.29, 1.82) is 0 Å². The Bertz CT molecular complexity index is 548. The van der Waals surface area contributed by atoms with Crippen LogP contribution in [0.3, 0.4) is 0 Å². The van der Waals surface area contributed by atoms with Gasteiger partial charge in [-0.1, -0.05) is 0 Å². The van der Waals surface area contributed by atoms with Gasteiger partial charge in [0.05, 0.1) is 27.6 Å². The second-order valence-corrected chi connectivity index (χ2v) is 5.89. The molecule has 2 heterocycles. The number of halogens is 2. The van der Waals surface area contributed by atoms with Crippen LogP contribution >= 0.6 is 31.9 Å². The molecule has 1 atom stereocenters. The monoisotopic (exact) mass is 372 g/mol. The summed E-state index contributed by atoms with van der Waals surface area (Å²) in [4.78, 5) is 4.32. The fourth-order valence-electron chi connectivity index (χ4n) is 1.82. The van der Waals surface area contributed by atoms with Crippen molar-refractivity contribution in [1.82, 2.24) is 14.8 Å². The molecule has 4 nitrogen and oxygen atoms in total. The second kappa shape index (κ2) is 5.50. The van der Waals surface area contributed by atoms with Crippen molar-refractivity contribution < 1.29 is 0 Å². The van der Waals surface area contributed by atoms with Gasteiger partial charge in [0.2, 0.25) is 0 Å². The molecule has 0 radical (unpaired) electrons. The Morgan fingerprint density at radius 1 is 1.39 bits per heavy atom. The molecular weight excluding hydrogens is 360 g/mol. The Balaban J connectivity index is 2.21. The van der Waals surface area contributed by atoms with Gasteiger partial charge < -0.3 is 5.73 Å². The van der Waals surface area contributed by atoms with E-state index in [9.17, 15) is 0 Å². The zero-order valence-electron chi connectivity index (χ0n) is 10.2. The van der Waals surface area contributed by atoms with Crippen LogP contribution < -0.4 is 5.73 Å². The average molecular weight is 374 g/mol. The molecule has 0 spiro atoms. The molecule has 0 saturated carbocycles. The van der Waals surface area contributed by atoms with Gasteiger partial charge in [-0.05, 0) is 50.9 Å². The molecule has 0 saturated heterocycles. The predicted molar refractivity (Wildman–Crippen MR) is 78.2 cm³/mol. The van der Waals surface area contributed by atoms with Crippen LogP contribution in [0.4, 0.5) is 0 Å². The average Bonchev–Trinajstić information content (AvgIpc) is 2.57. The molecule has 1 unspecified atom stereocenters. The third kappa shape index (κ3) is 2.81. The summed E-state index contributed by atoms with van der Waals surface area (Å²) in [5.41, 5.74) is 9.13. The normalized spacial score (nSPS) is 12.7. The van der Waals surface area contributed by atoms with Crippen molar-refractivity contribution in [2.45, 2.75) is 19.4 Å². The molecule has 0 aliphatic rings. The van der Waals surface area contributed by atoms with Crippen LogP contribution in [0.25, 0.3) is 0 Å². The zero-order valence-corrected chi connectivity index (χ0v) is 13.4. The lowest BCUT2D eigenvalue weighted by atomic mass is 10.1. The molecule has 2 rings (SSSR count). The van der Waals surface area contributed by atoms with Gasteiger partial charge in [0, 0.05) is 24.1 Å². The van der Waals surface area contributed by atoms with Crippen LogP contribution in [-0.4, -0.2) is 14.8 Å². The number of pyridine rings is 1. The summed E-state index contributed by atoms with van der Waals surface area (Å²) in [6.45, 7) is 1.97. The molecule has 0 aliphatic heterocycles. The first kappa shape index (κ1) is 13.7. The van der Waals surface area contributed by atoms with Gasteiger partial charge in [0.15, 0.2) is 0 Å². The smallest absolute Gasteiger partial charge is 0.0738 e. The van der Waals surface area contributed by atoms with Crippen LogP contribution in [0.2, 0.25) is 0 Å². The third-order valence-corrected chi connectivity index (χ3v) is 4.31. The lowest BCUT2D eigenvalue weighted by molar-refractivity contribution is 0.627. The van der Waals surface area contributed by atoms with Crippen LogP contribution in [0, 0.1) is 6.92 Å². The van der Waals surface area contributed by atoms with E-state index in [4.69, 9.17) is 5.73 Å². The first-order valence-electron chi connectivity index (χ1n) is 5.54. The maximum atomic E-state index is 6.18. The number of nitrogens with two attached hydrogens (primary N) is 1. The summed E-state index contributed by atoms with van der Waals surface area (Å²) < 4.78 is 3.84. The highest BCUT2D eigenvalue weighted by molar-refractivity contribution is 9.10. The summed E-state index contributed by atoms with van der Waals surface area (Å²) in [7, 11) is 1.93. The first-order valence-corrected chi connectivity index (χ1v) is 7.12. The minimum atomic E-state index is -0.135. The molecule has 0 aliphatic carbocycles. The lowest BCUT2D eigenvalue weighted by Gasteiger charge is -2.11. The van der Waals surface area contributed by atoms with Gasteiger partial charge in [-0.2, -0.15) is 5.10 Å². The highest BCUT2D eigenvalue weighted by Crippen LogP contribution is 2.24.